The average Bonchev–Trinajstić information content (AvgIpc) is 2.28. The molecule has 112 valence electrons. The molecule has 2 rings (SSSR count). The van der Waals surface area contributed by atoms with Crippen molar-refractivity contribution in [3.05, 3.63) is 33.8 Å². The molecule has 0 unspecified atom stereocenters. The number of benzene rings is 1. The molecule has 1 aromatic rings. The van der Waals surface area contributed by atoms with E-state index in [9.17, 15) is 0 Å². The van der Waals surface area contributed by atoms with Crippen LogP contribution in [0.3, 0.4) is 0 Å². The maximum atomic E-state index is 6.46. The van der Waals surface area contributed by atoms with Crippen LogP contribution in [-0.4, -0.2) is 12.6 Å². The molecule has 1 fully saturated rings. The molecule has 0 aliphatic heterocycles. The third kappa shape index (κ3) is 3.32. The van der Waals surface area contributed by atoms with Crippen LogP contribution in [0, 0.1) is 11.8 Å². The van der Waals surface area contributed by atoms with E-state index in [-0.39, 0.29) is 5.41 Å². The number of nitrogens with one attached hydrogen (secondary N) is 1. The van der Waals surface area contributed by atoms with Gasteiger partial charge in [0.2, 0.25) is 0 Å². The fourth-order valence-electron chi connectivity index (χ4n) is 3.19. The van der Waals surface area contributed by atoms with Gasteiger partial charge in [0.05, 0.1) is 0 Å². The smallest absolute Gasteiger partial charge is 0.0458 e. The Labute approximate surface area is 133 Å². The predicted octanol–water partition coefficient (Wildman–Crippen LogP) is 5.30. The van der Waals surface area contributed by atoms with Gasteiger partial charge >= 0.3 is 0 Å². The molecule has 0 heterocycles. The monoisotopic (exact) mass is 313 g/mol. The summed E-state index contributed by atoms with van der Waals surface area (Å²) in [6, 6.07) is 6.44. The minimum absolute atomic E-state index is 0.181. The molecule has 0 aromatic heterocycles. The Morgan fingerprint density at radius 3 is 2.35 bits per heavy atom. The fourth-order valence-corrected chi connectivity index (χ4v) is 3.80. The third-order valence-electron chi connectivity index (χ3n) is 4.60. The summed E-state index contributed by atoms with van der Waals surface area (Å²) >= 11 is 12.5. The maximum absolute atomic E-state index is 6.46. The van der Waals surface area contributed by atoms with Crippen LogP contribution in [0.15, 0.2) is 18.2 Å². The Balaban J connectivity index is 2.23. The first-order chi connectivity index (χ1) is 9.34. The van der Waals surface area contributed by atoms with E-state index in [0.29, 0.717) is 11.1 Å². The van der Waals surface area contributed by atoms with E-state index < -0.39 is 0 Å². The van der Waals surface area contributed by atoms with Gasteiger partial charge in [0, 0.05) is 28.0 Å². The molecular formula is C17H25Cl2N. The van der Waals surface area contributed by atoms with Gasteiger partial charge in [0.25, 0.3) is 0 Å². The Bertz CT molecular complexity index is 457. The molecule has 0 atom stereocenters. The first kappa shape index (κ1) is 16.1. The summed E-state index contributed by atoms with van der Waals surface area (Å²) in [6.45, 7) is 10.0. The van der Waals surface area contributed by atoms with Gasteiger partial charge in [-0.25, -0.2) is 0 Å². The molecule has 20 heavy (non-hydrogen) atoms. The predicted molar refractivity (Wildman–Crippen MR) is 88.8 cm³/mol. The molecule has 1 aliphatic carbocycles. The lowest BCUT2D eigenvalue weighted by molar-refractivity contribution is 0.0959. The number of hydrogen-bond acceptors (Lipinski definition) is 1. The summed E-state index contributed by atoms with van der Waals surface area (Å²) in [6.07, 6.45) is 2.43. The van der Waals surface area contributed by atoms with Crippen LogP contribution in [0.5, 0.6) is 0 Å². The minimum Gasteiger partial charge on any atom is -0.314 e. The van der Waals surface area contributed by atoms with Crippen LogP contribution in [-0.2, 0) is 5.41 Å². The molecule has 1 N–H and O–H groups in total. The van der Waals surface area contributed by atoms with E-state index in [0.717, 1.165) is 23.4 Å². The number of rotatable bonds is 5. The summed E-state index contributed by atoms with van der Waals surface area (Å²) in [4.78, 5) is 0. The zero-order valence-electron chi connectivity index (χ0n) is 12.8. The summed E-state index contributed by atoms with van der Waals surface area (Å²) in [5, 5.41) is 5.12. The molecular weight excluding hydrogens is 289 g/mol. The lowest BCUT2D eigenvalue weighted by Gasteiger charge is -2.51. The van der Waals surface area contributed by atoms with E-state index in [2.05, 4.69) is 39.1 Å². The summed E-state index contributed by atoms with van der Waals surface area (Å²) in [7, 11) is 0. The topological polar surface area (TPSA) is 12.0 Å². The standard InChI is InChI=1S/C17H25Cl2N/c1-11(2)13-8-17(9-13,10-20-12(3)4)15-6-5-14(18)7-16(15)19/h5-7,11-13,20H,8-10H2,1-4H3. The molecule has 1 aromatic carbocycles. The number of halogens is 2. The lowest BCUT2D eigenvalue weighted by Crippen LogP contribution is -2.51. The van der Waals surface area contributed by atoms with Crippen molar-refractivity contribution >= 4 is 23.2 Å². The van der Waals surface area contributed by atoms with Crippen molar-refractivity contribution in [1.82, 2.24) is 5.32 Å². The Hall–Kier alpha value is -0.240. The van der Waals surface area contributed by atoms with Crippen LogP contribution in [0.25, 0.3) is 0 Å². The van der Waals surface area contributed by atoms with Crippen LogP contribution in [0.4, 0.5) is 0 Å². The van der Waals surface area contributed by atoms with Crippen molar-refractivity contribution in [2.75, 3.05) is 6.54 Å². The third-order valence-corrected chi connectivity index (χ3v) is 5.15. The molecule has 1 aliphatic rings. The van der Waals surface area contributed by atoms with Crippen molar-refractivity contribution < 1.29 is 0 Å². The van der Waals surface area contributed by atoms with Crippen molar-refractivity contribution in [3.63, 3.8) is 0 Å². The van der Waals surface area contributed by atoms with E-state index in [1.54, 1.807) is 0 Å². The van der Waals surface area contributed by atoms with Crippen molar-refractivity contribution in [3.8, 4) is 0 Å². The van der Waals surface area contributed by atoms with Gasteiger partial charge in [0.15, 0.2) is 0 Å². The maximum Gasteiger partial charge on any atom is 0.0458 e. The highest BCUT2D eigenvalue weighted by atomic mass is 35.5. The first-order valence-electron chi connectivity index (χ1n) is 7.53. The van der Waals surface area contributed by atoms with Crippen LogP contribution in [0.2, 0.25) is 10.0 Å². The van der Waals surface area contributed by atoms with Gasteiger partial charge in [-0.1, -0.05) is 57.0 Å². The summed E-state index contributed by atoms with van der Waals surface area (Å²) in [5.74, 6) is 1.55. The van der Waals surface area contributed by atoms with Gasteiger partial charge in [-0.05, 0) is 42.4 Å². The van der Waals surface area contributed by atoms with E-state index in [4.69, 9.17) is 23.2 Å². The van der Waals surface area contributed by atoms with E-state index in [1.807, 2.05) is 12.1 Å². The van der Waals surface area contributed by atoms with Gasteiger partial charge in [-0.3, -0.25) is 0 Å². The van der Waals surface area contributed by atoms with Gasteiger partial charge in [0.1, 0.15) is 0 Å². The van der Waals surface area contributed by atoms with Gasteiger partial charge in [-0.2, -0.15) is 0 Å². The molecule has 0 radical (unpaired) electrons. The summed E-state index contributed by atoms with van der Waals surface area (Å²) in [5.41, 5.74) is 1.44. The van der Waals surface area contributed by atoms with Crippen LogP contribution < -0.4 is 5.32 Å². The molecule has 0 spiro atoms. The van der Waals surface area contributed by atoms with Gasteiger partial charge in [-0.15, -0.1) is 0 Å². The zero-order chi connectivity index (χ0) is 14.9. The molecule has 1 nitrogen and oxygen atoms in total. The molecule has 1 saturated carbocycles. The largest absolute Gasteiger partial charge is 0.314 e. The second kappa shape index (κ2) is 6.25. The number of hydrogen-bond donors (Lipinski definition) is 1. The highest BCUT2D eigenvalue weighted by Crippen LogP contribution is 2.52. The highest BCUT2D eigenvalue weighted by Gasteiger charge is 2.47. The normalized spacial score (nSPS) is 26.1. The van der Waals surface area contributed by atoms with Crippen molar-refractivity contribution in [2.45, 2.75) is 52.0 Å². The minimum atomic E-state index is 0.181. The van der Waals surface area contributed by atoms with Gasteiger partial charge < -0.3 is 5.32 Å². The highest BCUT2D eigenvalue weighted by molar-refractivity contribution is 6.35. The second-order valence-electron chi connectivity index (χ2n) is 6.85. The van der Waals surface area contributed by atoms with Crippen molar-refractivity contribution in [2.24, 2.45) is 11.8 Å². The fraction of sp³-hybridized carbons (Fsp3) is 0.647. The molecule has 0 saturated heterocycles. The van der Waals surface area contributed by atoms with E-state index >= 15 is 0 Å². The Morgan fingerprint density at radius 2 is 1.85 bits per heavy atom. The van der Waals surface area contributed by atoms with Crippen molar-refractivity contribution in [1.29, 1.82) is 0 Å². The molecule has 0 bridgehead atoms. The van der Waals surface area contributed by atoms with E-state index in [1.165, 1.54) is 18.4 Å². The molecule has 0 amide bonds. The Morgan fingerprint density at radius 1 is 1.20 bits per heavy atom. The van der Waals surface area contributed by atoms with Crippen LogP contribution >= 0.6 is 23.2 Å². The molecule has 3 heteroatoms. The average molecular weight is 314 g/mol. The second-order valence-corrected chi connectivity index (χ2v) is 7.70. The van der Waals surface area contributed by atoms with Crippen LogP contribution in [0.1, 0.15) is 46.1 Å². The quantitative estimate of drug-likeness (QED) is 0.778. The lowest BCUT2D eigenvalue weighted by atomic mass is 9.55. The Kier molecular flexibility index (Phi) is 5.05. The SMILES string of the molecule is CC(C)NCC1(c2ccc(Cl)cc2Cl)CC(C(C)C)C1. The summed E-state index contributed by atoms with van der Waals surface area (Å²) < 4.78 is 0. The first-order valence-corrected chi connectivity index (χ1v) is 8.28. The zero-order valence-corrected chi connectivity index (χ0v) is 14.4.